The Kier molecular flexibility index (Phi) is 4.44. The molecule has 1 saturated carbocycles. The smallest absolute Gasteiger partial charge is 0.220 e. The summed E-state index contributed by atoms with van der Waals surface area (Å²) in [7, 11) is 0. The Labute approximate surface area is 101 Å². The first-order valence-corrected chi connectivity index (χ1v) is 6.09. The van der Waals surface area contributed by atoms with E-state index in [0.717, 1.165) is 31.5 Å². The molecule has 2 rings (SSSR count). The van der Waals surface area contributed by atoms with Crippen molar-refractivity contribution in [2.75, 3.05) is 6.54 Å². The quantitative estimate of drug-likeness (QED) is 0.679. The molecule has 1 fully saturated rings. The third-order valence-electron chi connectivity index (χ3n) is 2.62. The summed E-state index contributed by atoms with van der Waals surface area (Å²) in [4.78, 5) is 19.5. The lowest BCUT2D eigenvalue weighted by atomic mass is 10.3. The van der Waals surface area contributed by atoms with Crippen LogP contribution in [-0.4, -0.2) is 28.5 Å². The van der Waals surface area contributed by atoms with E-state index >= 15 is 0 Å². The van der Waals surface area contributed by atoms with Crippen molar-refractivity contribution in [1.29, 1.82) is 0 Å². The number of aromatic nitrogens is 2. The second-order valence-corrected chi connectivity index (χ2v) is 4.32. The molecule has 1 aromatic heterocycles. The van der Waals surface area contributed by atoms with Crippen LogP contribution in [0.5, 0.6) is 0 Å². The van der Waals surface area contributed by atoms with Crippen molar-refractivity contribution in [3.05, 3.63) is 24.3 Å². The molecule has 1 aliphatic carbocycles. The third kappa shape index (κ3) is 4.91. The van der Waals surface area contributed by atoms with E-state index in [1.165, 1.54) is 0 Å². The van der Waals surface area contributed by atoms with E-state index in [1.54, 1.807) is 18.6 Å². The van der Waals surface area contributed by atoms with Gasteiger partial charge in [0.25, 0.3) is 0 Å². The number of rotatable bonds is 7. The molecule has 0 bridgehead atoms. The summed E-state index contributed by atoms with van der Waals surface area (Å²) in [6.07, 6.45) is 8.84. The topological polar surface area (TPSA) is 66.9 Å². The normalized spacial score (nSPS) is 14.6. The van der Waals surface area contributed by atoms with Crippen molar-refractivity contribution in [2.45, 2.75) is 38.3 Å². The van der Waals surface area contributed by atoms with E-state index in [0.29, 0.717) is 19.0 Å². The van der Waals surface area contributed by atoms with Crippen LogP contribution >= 0.6 is 0 Å². The zero-order valence-corrected chi connectivity index (χ0v) is 9.85. The maximum absolute atomic E-state index is 11.4. The summed E-state index contributed by atoms with van der Waals surface area (Å²) in [6.45, 7) is 1.53. The summed E-state index contributed by atoms with van der Waals surface area (Å²) < 4.78 is 0. The van der Waals surface area contributed by atoms with E-state index in [1.807, 2.05) is 0 Å². The summed E-state index contributed by atoms with van der Waals surface area (Å²) >= 11 is 0. The highest BCUT2D eigenvalue weighted by Crippen LogP contribution is 2.18. The van der Waals surface area contributed by atoms with Crippen molar-refractivity contribution in [3.63, 3.8) is 0 Å². The molecule has 0 saturated heterocycles. The number of hydrogen-bond donors (Lipinski definition) is 2. The van der Waals surface area contributed by atoms with E-state index in [-0.39, 0.29) is 5.91 Å². The molecule has 5 heteroatoms. The van der Waals surface area contributed by atoms with Crippen LogP contribution in [0.15, 0.2) is 18.6 Å². The fraction of sp³-hybridized carbons (Fsp3) is 0.583. The molecule has 0 aliphatic heterocycles. The van der Waals surface area contributed by atoms with Crippen LogP contribution in [0.25, 0.3) is 0 Å². The fourth-order valence-electron chi connectivity index (χ4n) is 1.54. The highest BCUT2D eigenvalue weighted by molar-refractivity contribution is 5.76. The Morgan fingerprint density at radius 3 is 3.00 bits per heavy atom. The number of nitrogens with zero attached hydrogens (tertiary/aromatic N) is 2. The Morgan fingerprint density at radius 1 is 1.41 bits per heavy atom. The van der Waals surface area contributed by atoms with Gasteiger partial charge in [-0.25, -0.2) is 0 Å². The zero-order chi connectivity index (χ0) is 11.9. The van der Waals surface area contributed by atoms with Gasteiger partial charge < -0.3 is 10.6 Å². The van der Waals surface area contributed by atoms with Crippen molar-refractivity contribution < 1.29 is 4.79 Å². The number of nitrogens with one attached hydrogen (secondary N) is 2. The van der Waals surface area contributed by atoms with Crippen LogP contribution in [0.1, 0.15) is 31.4 Å². The molecule has 1 aliphatic rings. The molecule has 0 aromatic carbocycles. The number of carbonyl (C=O) groups excluding carboxylic acids is 1. The van der Waals surface area contributed by atoms with E-state index in [4.69, 9.17) is 0 Å². The van der Waals surface area contributed by atoms with Gasteiger partial charge in [0.1, 0.15) is 0 Å². The Morgan fingerprint density at radius 2 is 2.29 bits per heavy atom. The molecule has 0 unspecified atom stereocenters. The van der Waals surface area contributed by atoms with Gasteiger partial charge in [0.2, 0.25) is 5.91 Å². The van der Waals surface area contributed by atoms with Crippen LogP contribution in [0, 0.1) is 0 Å². The first-order valence-electron chi connectivity index (χ1n) is 6.09. The Balaban J connectivity index is 1.50. The monoisotopic (exact) mass is 234 g/mol. The number of carbonyl (C=O) groups is 1. The molecular formula is C12H18N4O. The van der Waals surface area contributed by atoms with Crippen LogP contribution in [0.4, 0.5) is 0 Å². The summed E-state index contributed by atoms with van der Waals surface area (Å²) in [6, 6.07) is 0.468. The lowest BCUT2D eigenvalue weighted by molar-refractivity contribution is -0.121. The van der Waals surface area contributed by atoms with Crippen molar-refractivity contribution in [2.24, 2.45) is 0 Å². The highest BCUT2D eigenvalue weighted by Gasteiger charge is 2.22. The fourth-order valence-corrected chi connectivity index (χ4v) is 1.54. The molecule has 1 heterocycles. The minimum Gasteiger partial charge on any atom is -0.353 e. The summed E-state index contributed by atoms with van der Waals surface area (Å²) in [5, 5.41) is 6.22. The molecule has 0 atom stereocenters. The molecule has 5 nitrogen and oxygen atoms in total. The summed E-state index contributed by atoms with van der Waals surface area (Å²) in [5.74, 6) is 0.175. The van der Waals surface area contributed by atoms with Gasteiger partial charge in [-0.3, -0.25) is 14.8 Å². The molecule has 1 amide bonds. The van der Waals surface area contributed by atoms with Crippen LogP contribution < -0.4 is 10.6 Å². The number of hydrogen-bond acceptors (Lipinski definition) is 4. The number of amides is 1. The van der Waals surface area contributed by atoms with Gasteiger partial charge in [0.05, 0.1) is 5.69 Å². The standard InChI is InChI=1S/C12H18N4O/c17-12(16-10-3-4-10)2-1-5-13-8-11-9-14-6-7-15-11/h6-7,9-10,13H,1-5,8H2,(H,16,17). The van der Waals surface area contributed by atoms with E-state index < -0.39 is 0 Å². The lowest BCUT2D eigenvalue weighted by Gasteiger charge is -2.04. The predicted octanol–water partition coefficient (Wildman–Crippen LogP) is 0.625. The van der Waals surface area contributed by atoms with Gasteiger partial charge >= 0.3 is 0 Å². The van der Waals surface area contributed by atoms with Crippen LogP contribution in [0.2, 0.25) is 0 Å². The largest absolute Gasteiger partial charge is 0.353 e. The van der Waals surface area contributed by atoms with E-state index in [9.17, 15) is 4.79 Å². The molecule has 1 aromatic rings. The molecule has 2 N–H and O–H groups in total. The lowest BCUT2D eigenvalue weighted by Crippen LogP contribution is -2.26. The van der Waals surface area contributed by atoms with Crippen molar-refractivity contribution >= 4 is 5.91 Å². The van der Waals surface area contributed by atoms with Gasteiger partial charge in [0, 0.05) is 37.6 Å². The molecule has 17 heavy (non-hydrogen) atoms. The minimum absolute atomic E-state index is 0.175. The van der Waals surface area contributed by atoms with Crippen molar-refractivity contribution in [1.82, 2.24) is 20.6 Å². The maximum Gasteiger partial charge on any atom is 0.220 e. The minimum atomic E-state index is 0.175. The summed E-state index contributed by atoms with van der Waals surface area (Å²) in [5.41, 5.74) is 0.926. The second kappa shape index (κ2) is 6.30. The average Bonchev–Trinajstić information content (AvgIpc) is 3.14. The first-order chi connectivity index (χ1) is 8.34. The zero-order valence-electron chi connectivity index (χ0n) is 9.85. The molecule has 92 valence electrons. The van der Waals surface area contributed by atoms with Crippen LogP contribution in [-0.2, 0) is 11.3 Å². The van der Waals surface area contributed by atoms with Crippen molar-refractivity contribution in [3.8, 4) is 0 Å². The Bertz CT molecular complexity index is 351. The molecular weight excluding hydrogens is 216 g/mol. The average molecular weight is 234 g/mol. The second-order valence-electron chi connectivity index (χ2n) is 4.32. The first kappa shape index (κ1) is 12.0. The van der Waals surface area contributed by atoms with Gasteiger partial charge in [-0.05, 0) is 25.8 Å². The van der Waals surface area contributed by atoms with Gasteiger partial charge in [-0.15, -0.1) is 0 Å². The van der Waals surface area contributed by atoms with Gasteiger partial charge in [0.15, 0.2) is 0 Å². The van der Waals surface area contributed by atoms with Gasteiger partial charge in [-0.2, -0.15) is 0 Å². The maximum atomic E-state index is 11.4. The SMILES string of the molecule is O=C(CCCNCc1cnccn1)NC1CC1. The Hall–Kier alpha value is -1.49. The highest BCUT2D eigenvalue weighted by atomic mass is 16.1. The molecule has 0 spiro atoms. The van der Waals surface area contributed by atoms with E-state index in [2.05, 4.69) is 20.6 Å². The third-order valence-corrected chi connectivity index (χ3v) is 2.62. The van der Waals surface area contributed by atoms with Crippen LogP contribution in [0.3, 0.4) is 0 Å². The molecule has 0 radical (unpaired) electrons. The predicted molar refractivity (Wildman–Crippen MR) is 64.1 cm³/mol. The van der Waals surface area contributed by atoms with Gasteiger partial charge in [-0.1, -0.05) is 0 Å².